The van der Waals surface area contributed by atoms with Gasteiger partial charge in [-0.25, -0.2) is 0 Å². The molecule has 29 heavy (non-hydrogen) atoms. The van der Waals surface area contributed by atoms with Crippen LogP contribution in [0.3, 0.4) is 0 Å². The summed E-state index contributed by atoms with van der Waals surface area (Å²) in [4.78, 5) is 32.7. The Bertz CT molecular complexity index is 1130. The summed E-state index contributed by atoms with van der Waals surface area (Å²) in [5.41, 5.74) is 1.88. The second kappa shape index (κ2) is 7.25. The molecule has 148 valence electrons. The van der Waals surface area contributed by atoms with Crippen molar-refractivity contribution in [2.75, 3.05) is 33.0 Å². The van der Waals surface area contributed by atoms with Gasteiger partial charge in [0, 0.05) is 49.8 Å². The number of H-pyrrole nitrogens is 1. The smallest absolute Gasteiger partial charge is 0.259 e. The van der Waals surface area contributed by atoms with Gasteiger partial charge >= 0.3 is 0 Å². The number of amides is 1. The molecule has 0 unspecified atom stereocenters. The van der Waals surface area contributed by atoms with Crippen LogP contribution in [0.4, 0.5) is 0 Å². The van der Waals surface area contributed by atoms with Crippen molar-refractivity contribution in [1.82, 2.24) is 14.8 Å². The van der Waals surface area contributed by atoms with Crippen LogP contribution in [0.2, 0.25) is 0 Å². The highest BCUT2D eigenvalue weighted by molar-refractivity contribution is 5.97. The van der Waals surface area contributed by atoms with Crippen molar-refractivity contribution in [1.29, 1.82) is 0 Å². The van der Waals surface area contributed by atoms with Gasteiger partial charge in [0.2, 0.25) is 12.2 Å². The van der Waals surface area contributed by atoms with Crippen LogP contribution in [0.15, 0.2) is 53.5 Å². The minimum absolute atomic E-state index is 0.202. The van der Waals surface area contributed by atoms with Crippen molar-refractivity contribution in [2.45, 2.75) is 6.54 Å². The first-order chi connectivity index (χ1) is 14.2. The number of pyridine rings is 1. The molecule has 1 saturated heterocycles. The molecule has 5 rings (SSSR count). The Morgan fingerprint density at radius 2 is 1.79 bits per heavy atom. The number of aromatic nitrogens is 1. The van der Waals surface area contributed by atoms with Crippen LogP contribution in [0.5, 0.6) is 11.5 Å². The highest BCUT2D eigenvalue weighted by Crippen LogP contribution is 2.32. The quantitative estimate of drug-likeness (QED) is 0.741. The van der Waals surface area contributed by atoms with Crippen molar-refractivity contribution in [2.24, 2.45) is 0 Å². The number of carbonyl (C=O) groups excluding carboxylic acids is 1. The number of rotatable bonds is 3. The second-order valence-corrected chi connectivity index (χ2v) is 7.33. The summed E-state index contributed by atoms with van der Waals surface area (Å²) in [7, 11) is 0. The predicted molar refractivity (Wildman–Crippen MR) is 108 cm³/mol. The number of nitrogens with one attached hydrogen (secondary N) is 1. The maximum Gasteiger partial charge on any atom is 0.259 e. The van der Waals surface area contributed by atoms with Crippen LogP contribution >= 0.6 is 0 Å². The van der Waals surface area contributed by atoms with E-state index in [1.165, 1.54) is 6.20 Å². The zero-order valence-corrected chi connectivity index (χ0v) is 15.9. The monoisotopic (exact) mass is 391 g/mol. The standard InChI is InChI=1S/C22H21N3O4/c26-21-16-3-1-2-4-18(16)23-12-17(21)22(27)25-9-7-24(8-10-25)13-15-5-6-19-20(11-15)29-14-28-19/h1-6,11-12H,7-10,13-14H2,(H,23,26). The molecule has 7 heteroatoms. The van der Waals surface area contributed by atoms with Crippen LogP contribution in [0.25, 0.3) is 10.9 Å². The lowest BCUT2D eigenvalue weighted by Crippen LogP contribution is -2.49. The Kier molecular flexibility index (Phi) is 4.44. The lowest BCUT2D eigenvalue weighted by molar-refractivity contribution is 0.0627. The lowest BCUT2D eigenvalue weighted by Gasteiger charge is -2.34. The summed E-state index contributed by atoms with van der Waals surface area (Å²) in [6, 6.07) is 13.2. The molecule has 1 amide bonds. The van der Waals surface area contributed by atoms with E-state index in [2.05, 4.69) is 9.88 Å². The average molecular weight is 391 g/mol. The van der Waals surface area contributed by atoms with Gasteiger partial charge < -0.3 is 19.4 Å². The van der Waals surface area contributed by atoms with Gasteiger partial charge in [0.25, 0.3) is 5.91 Å². The minimum Gasteiger partial charge on any atom is -0.454 e. The summed E-state index contributed by atoms with van der Waals surface area (Å²) in [5, 5.41) is 0.541. The number of nitrogens with zero attached hydrogens (tertiary/aromatic N) is 2. The Labute approximate surface area is 167 Å². The van der Waals surface area contributed by atoms with Crippen molar-refractivity contribution >= 4 is 16.8 Å². The molecule has 1 N–H and O–H groups in total. The van der Waals surface area contributed by atoms with Crippen molar-refractivity contribution in [3.05, 3.63) is 70.0 Å². The molecule has 0 saturated carbocycles. The van der Waals surface area contributed by atoms with E-state index in [0.29, 0.717) is 18.5 Å². The maximum atomic E-state index is 12.9. The molecule has 0 aliphatic carbocycles. The fraction of sp³-hybridized carbons (Fsp3) is 0.273. The van der Waals surface area contributed by atoms with E-state index >= 15 is 0 Å². The molecular formula is C22H21N3O4. The number of benzene rings is 2. The van der Waals surface area contributed by atoms with Crippen LogP contribution < -0.4 is 14.9 Å². The third kappa shape index (κ3) is 3.34. The van der Waals surface area contributed by atoms with E-state index in [0.717, 1.165) is 42.2 Å². The summed E-state index contributed by atoms with van der Waals surface area (Å²) in [5.74, 6) is 1.36. The number of para-hydroxylation sites is 1. The van der Waals surface area contributed by atoms with Gasteiger partial charge in [-0.05, 0) is 29.8 Å². The van der Waals surface area contributed by atoms with Gasteiger partial charge in [-0.3, -0.25) is 14.5 Å². The Morgan fingerprint density at radius 1 is 1.00 bits per heavy atom. The van der Waals surface area contributed by atoms with Crippen LogP contribution in [0, 0.1) is 0 Å². The summed E-state index contributed by atoms with van der Waals surface area (Å²) in [6.45, 7) is 3.76. The van der Waals surface area contributed by atoms with Crippen LogP contribution in [0.1, 0.15) is 15.9 Å². The first kappa shape index (κ1) is 17.8. The number of hydrogen-bond acceptors (Lipinski definition) is 5. The van der Waals surface area contributed by atoms with Crippen LogP contribution in [-0.2, 0) is 6.54 Å². The molecule has 2 aliphatic rings. The lowest BCUT2D eigenvalue weighted by atomic mass is 10.1. The van der Waals surface area contributed by atoms with Gasteiger partial charge in [0.15, 0.2) is 11.5 Å². The van der Waals surface area contributed by atoms with E-state index in [4.69, 9.17) is 9.47 Å². The Morgan fingerprint density at radius 3 is 2.66 bits per heavy atom. The van der Waals surface area contributed by atoms with Gasteiger partial charge in [0.1, 0.15) is 5.56 Å². The van der Waals surface area contributed by atoms with Gasteiger partial charge in [0.05, 0.1) is 0 Å². The molecule has 0 bridgehead atoms. The second-order valence-electron chi connectivity index (χ2n) is 7.33. The topological polar surface area (TPSA) is 74.9 Å². The molecule has 2 aromatic carbocycles. The first-order valence-electron chi connectivity index (χ1n) is 9.69. The predicted octanol–water partition coefficient (Wildman–Crippen LogP) is 2.21. The van der Waals surface area contributed by atoms with E-state index < -0.39 is 0 Å². The fourth-order valence-corrected chi connectivity index (χ4v) is 3.90. The number of carbonyl (C=O) groups is 1. The molecular weight excluding hydrogens is 370 g/mol. The van der Waals surface area contributed by atoms with E-state index in [1.54, 1.807) is 17.0 Å². The number of ether oxygens (including phenoxy) is 2. The van der Waals surface area contributed by atoms with E-state index in [9.17, 15) is 9.59 Å². The van der Waals surface area contributed by atoms with Gasteiger partial charge in [-0.15, -0.1) is 0 Å². The molecule has 0 spiro atoms. The van der Waals surface area contributed by atoms with Crippen molar-refractivity contribution in [3.8, 4) is 11.5 Å². The van der Waals surface area contributed by atoms with E-state index in [-0.39, 0.29) is 23.7 Å². The molecule has 0 atom stereocenters. The average Bonchev–Trinajstić information content (AvgIpc) is 3.22. The van der Waals surface area contributed by atoms with E-state index in [1.807, 2.05) is 30.3 Å². The summed E-state index contributed by atoms with van der Waals surface area (Å²) < 4.78 is 10.8. The zero-order valence-electron chi connectivity index (χ0n) is 15.9. The van der Waals surface area contributed by atoms with Crippen molar-refractivity contribution < 1.29 is 14.3 Å². The molecule has 7 nitrogen and oxygen atoms in total. The van der Waals surface area contributed by atoms with Crippen LogP contribution in [-0.4, -0.2) is 53.7 Å². The number of aromatic amines is 1. The molecule has 2 aliphatic heterocycles. The van der Waals surface area contributed by atoms with Gasteiger partial charge in [-0.2, -0.15) is 0 Å². The fourth-order valence-electron chi connectivity index (χ4n) is 3.90. The maximum absolute atomic E-state index is 12.9. The normalized spacial score (nSPS) is 16.3. The summed E-state index contributed by atoms with van der Waals surface area (Å²) >= 11 is 0. The third-order valence-electron chi connectivity index (χ3n) is 5.52. The van der Waals surface area contributed by atoms with Gasteiger partial charge in [-0.1, -0.05) is 18.2 Å². The molecule has 1 aromatic heterocycles. The third-order valence-corrected chi connectivity index (χ3v) is 5.52. The molecule has 3 heterocycles. The minimum atomic E-state index is -0.216. The Hall–Kier alpha value is -3.32. The van der Waals surface area contributed by atoms with Crippen molar-refractivity contribution in [3.63, 3.8) is 0 Å². The number of hydrogen-bond donors (Lipinski definition) is 1. The first-order valence-corrected chi connectivity index (χ1v) is 9.69. The molecule has 3 aromatic rings. The number of fused-ring (bicyclic) bond motifs is 2. The SMILES string of the molecule is O=C(c1c[nH]c2ccccc2c1=O)N1CCN(Cc2ccc3c(c2)OCO3)CC1. The Balaban J connectivity index is 1.25. The zero-order chi connectivity index (χ0) is 19.8. The largest absolute Gasteiger partial charge is 0.454 e. The highest BCUT2D eigenvalue weighted by Gasteiger charge is 2.25. The highest BCUT2D eigenvalue weighted by atomic mass is 16.7. The molecule has 0 radical (unpaired) electrons. The molecule has 1 fully saturated rings. The number of piperazine rings is 1. The summed E-state index contributed by atoms with van der Waals surface area (Å²) in [6.07, 6.45) is 1.53.